The van der Waals surface area contributed by atoms with Crippen LogP contribution >= 0.6 is 11.3 Å². The molecular weight excluding hydrogens is 384 g/mol. The lowest BCUT2D eigenvalue weighted by Gasteiger charge is -2.14. The van der Waals surface area contributed by atoms with Crippen LogP contribution in [-0.4, -0.2) is 19.6 Å². The summed E-state index contributed by atoms with van der Waals surface area (Å²) in [5, 5.41) is 3.67. The molecule has 9 heteroatoms. The molecule has 7 nitrogen and oxygen atoms in total. The van der Waals surface area contributed by atoms with Gasteiger partial charge in [-0.15, -0.1) is 11.3 Å². The van der Waals surface area contributed by atoms with E-state index in [0.29, 0.717) is 27.6 Å². The molecule has 4 rings (SSSR count). The van der Waals surface area contributed by atoms with Crippen LogP contribution in [0.15, 0.2) is 57.4 Å². The van der Waals surface area contributed by atoms with Gasteiger partial charge in [0.2, 0.25) is 0 Å². The van der Waals surface area contributed by atoms with E-state index in [9.17, 15) is 8.42 Å². The molecule has 27 heavy (non-hydrogen) atoms. The summed E-state index contributed by atoms with van der Waals surface area (Å²) in [6.07, 6.45) is 1.57. The summed E-state index contributed by atoms with van der Waals surface area (Å²) in [5.74, 6) is 1.00. The van der Waals surface area contributed by atoms with Gasteiger partial charge in [0.15, 0.2) is 5.76 Å². The maximum atomic E-state index is 12.7. The number of anilines is 1. The number of rotatable bonds is 5. The molecular formula is C18H20N4O3S2. The summed E-state index contributed by atoms with van der Waals surface area (Å²) < 4.78 is 33.5. The Morgan fingerprint density at radius 3 is 2.48 bits per heavy atom. The summed E-state index contributed by atoms with van der Waals surface area (Å²) in [6, 6.07) is 12.7. The van der Waals surface area contributed by atoms with Crippen LogP contribution in [0.4, 0.5) is 5.69 Å². The van der Waals surface area contributed by atoms with Gasteiger partial charge in [-0.3, -0.25) is 10.1 Å². The Hall–Kier alpha value is -2.20. The smallest absolute Gasteiger partial charge is 0.271 e. The van der Waals surface area contributed by atoms with Crippen molar-refractivity contribution in [2.75, 3.05) is 4.72 Å². The number of benzene rings is 1. The van der Waals surface area contributed by atoms with Gasteiger partial charge in [0.05, 0.1) is 12.2 Å². The SMILES string of the molecule is CC1NNC(c2ccc(S(=O)(=O)Nc3ccc(-c4ccno4)cc3)s2)C1C. The molecule has 0 radical (unpaired) electrons. The second-order valence-corrected chi connectivity index (χ2v) is 9.66. The Labute approximate surface area is 161 Å². The zero-order valence-electron chi connectivity index (χ0n) is 14.8. The molecule has 0 saturated carbocycles. The van der Waals surface area contributed by atoms with Gasteiger partial charge >= 0.3 is 0 Å². The third kappa shape index (κ3) is 3.63. The van der Waals surface area contributed by atoms with E-state index in [0.717, 1.165) is 10.4 Å². The predicted octanol–water partition coefficient (Wildman–Crippen LogP) is 3.38. The van der Waals surface area contributed by atoms with Gasteiger partial charge in [-0.2, -0.15) is 0 Å². The van der Waals surface area contributed by atoms with Crippen molar-refractivity contribution in [3.05, 3.63) is 53.5 Å². The van der Waals surface area contributed by atoms with E-state index >= 15 is 0 Å². The second-order valence-electron chi connectivity index (χ2n) is 6.63. The normalized spacial score (nSPS) is 22.8. The minimum Gasteiger partial charge on any atom is -0.356 e. The summed E-state index contributed by atoms with van der Waals surface area (Å²) in [6.45, 7) is 4.25. The van der Waals surface area contributed by atoms with Gasteiger partial charge in [0, 0.05) is 28.2 Å². The van der Waals surface area contributed by atoms with E-state index in [4.69, 9.17) is 4.52 Å². The van der Waals surface area contributed by atoms with E-state index in [1.807, 2.05) is 6.07 Å². The Balaban J connectivity index is 1.51. The first-order chi connectivity index (χ1) is 12.9. The largest absolute Gasteiger partial charge is 0.356 e. The fourth-order valence-electron chi connectivity index (χ4n) is 3.02. The Morgan fingerprint density at radius 2 is 1.85 bits per heavy atom. The summed E-state index contributed by atoms with van der Waals surface area (Å²) >= 11 is 1.29. The number of thiophene rings is 1. The van der Waals surface area contributed by atoms with Crippen molar-refractivity contribution < 1.29 is 12.9 Å². The van der Waals surface area contributed by atoms with Crippen LogP contribution in [0.2, 0.25) is 0 Å². The van der Waals surface area contributed by atoms with Crippen molar-refractivity contribution in [1.82, 2.24) is 16.0 Å². The van der Waals surface area contributed by atoms with Gasteiger partial charge in [-0.1, -0.05) is 12.1 Å². The molecule has 3 atom stereocenters. The van der Waals surface area contributed by atoms with Gasteiger partial charge in [0.25, 0.3) is 10.0 Å². The van der Waals surface area contributed by atoms with Crippen LogP contribution in [0.5, 0.6) is 0 Å². The molecule has 3 heterocycles. The number of hydrogen-bond donors (Lipinski definition) is 3. The molecule has 3 unspecified atom stereocenters. The van der Waals surface area contributed by atoms with Crippen LogP contribution in [0, 0.1) is 5.92 Å². The molecule has 3 aromatic rings. The zero-order valence-corrected chi connectivity index (χ0v) is 16.5. The molecule has 1 aromatic carbocycles. The fourth-order valence-corrected chi connectivity index (χ4v) is 5.57. The molecule has 1 saturated heterocycles. The molecule has 142 valence electrons. The molecule has 1 aliphatic rings. The fraction of sp³-hybridized carbons (Fsp3) is 0.278. The Bertz CT molecular complexity index is 1010. The molecule has 0 bridgehead atoms. The molecule has 1 aliphatic heterocycles. The van der Waals surface area contributed by atoms with E-state index < -0.39 is 10.0 Å². The van der Waals surface area contributed by atoms with Gasteiger partial charge in [-0.05, 0) is 49.2 Å². The zero-order chi connectivity index (χ0) is 19.0. The third-order valence-electron chi connectivity index (χ3n) is 4.81. The topological polar surface area (TPSA) is 96.3 Å². The molecule has 0 aliphatic carbocycles. The standard InChI is InChI=1S/C18H20N4O3S2/c1-11-12(2)20-21-18(11)16-7-8-17(26-16)27(23,24)22-14-5-3-13(4-6-14)15-9-10-19-25-15/h3-12,18,20-22H,1-2H3. The van der Waals surface area contributed by atoms with Crippen molar-refractivity contribution >= 4 is 27.0 Å². The predicted molar refractivity (Wildman–Crippen MR) is 105 cm³/mol. The van der Waals surface area contributed by atoms with Crippen molar-refractivity contribution in [2.45, 2.75) is 30.1 Å². The van der Waals surface area contributed by atoms with E-state index in [1.165, 1.54) is 11.3 Å². The van der Waals surface area contributed by atoms with E-state index in [1.54, 1.807) is 42.6 Å². The maximum Gasteiger partial charge on any atom is 0.271 e. The first-order valence-electron chi connectivity index (χ1n) is 8.59. The number of sulfonamides is 1. The van der Waals surface area contributed by atoms with Crippen LogP contribution in [0.1, 0.15) is 24.8 Å². The van der Waals surface area contributed by atoms with Crippen LogP contribution in [-0.2, 0) is 10.0 Å². The van der Waals surface area contributed by atoms with Gasteiger partial charge < -0.3 is 4.52 Å². The minimum atomic E-state index is -3.64. The maximum absolute atomic E-state index is 12.7. The lowest BCUT2D eigenvalue weighted by molar-refractivity contribution is 0.432. The van der Waals surface area contributed by atoms with Crippen molar-refractivity contribution in [3.63, 3.8) is 0 Å². The lowest BCUT2D eigenvalue weighted by Crippen LogP contribution is -2.28. The Kier molecular flexibility index (Phi) is 4.77. The molecule has 0 spiro atoms. The van der Waals surface area contributed by atoms with Crippen LogP contribution in [0.3, 0.4) is 0 Å². The summed E-state index contributed by atoms with van der Waals surface area (Å²) in [5.41, 5.74) is 7.77. The van der Waals surface area contributed by atoms with E-state index in [2.05, 4.69) is 34.6 Å². The van der Waals surface area contributed by atoms with Gasteiger partial charge in [-0.25, -0.2) is 13.8 Å². The van der Waals surface area contributed by atoms with Crippen molar-refractivity contribution in [2.24, 2.45) is 5.92 Å². The number of hydrogen-bond acceptors (Lipinski definition) is 7. The average Bonchev–Trinajstić information content (AvgIpc) is 3.38. The first kappa shape index (κ1) is 18.2. The molecule has 2 aromatic heterocycles. The Morgan fingerprint density at radius 1 is 1.07 bits per heavy atom. The van der Waals surface area contributed by atoms with Crippen molar-refractivity contribution in [3.8, 4) is 11.3 Å². The number of nitrogens with one attached hydrogen (secondary N) is 3. The quantitative estimate of drug-likeness (QED) is 0.603. The summed E-state index contributed by atoms with van der Waals surface area (Å²) in [7, 11) is -3.64. The molecule has 0 amide bonds. The van der Waals surface area contributed by atoms with Crippen LogP contribution < -0.4 is 15.6 Å². The average molecular weight is 405 g/mol. The number of aromatic nitrogens is 1. The third-order valence-corrected chi connectivity index (χ3v) is 7.86. The highest BCUT2D eigenvalue weighted by Crippen LogP contribution is 2.35. The van der Waals surface area contributed by atoms with Crippen molar-refractivity contribution in [1.29, 1.82) is 0 Å². The van der Waals surface area contributed by atoms with Gasteiger partial charge in [0.1, 0.15) is 4.21 Å². The van der Waals surface area contributed by atoms with Crippen LogP contribution in [0.25, 0.3) is 11.3 Å². The minimum absolute atomic E-state index is 0.107. The molecule has 1 fully saturated rings. The highest BCUT2D eigenvalue weighted by Gasteiger charge is 2.32. The number of nitrogens with zero attached hydrogens (tertiary/aromatic N) is 1. The summed E-state index contributed by atoms with van der Waals surface area (Å²) in [4.78, 5) is 1.00. The number of hydrazine groups is 1. The lowest BCUT2D eigenvalue weighted by atomic mass is 9.97. The monoisotopic (exact) mass is 404 g/mol. The van der Waals surface area contributed by atoms with E-state index in [-0.39, 0.29) is 6.04 Å². The highest BCUT2D eigenvalue weighted by atomic mass is 32.2. The highest BCUT2D eigenvalue weighted by molar-refractivity contribution is 7.94. The first-order valence-corrected chi connectivity index (χ1v) is 10.9. The molecule has 3 N–H and O–H groups in total. The second kappa shape index (κ2) is 7.08.